The van der Waals surface area contributed by atoms with Crippen LogP contribution in [0.5, 0.6) is 0 Å². The van der Waals surface area contributed by atoms with Gasteiger partial charge in [-0.15, -0.1) is 0 Å². The van der Waals surface area contributed by atoms with Crippen LogP contribution >= 0.6 is 0 Å². The molecule has 3 N–H and O–H groups in total. The van der Waals surface area contributed by atoms with Crippen molar-refractivity contribution in [2.24, 2.45) is 11.8 Å². The summed E-state index contributed by atoms with van der Waals surface area (Å²) in [5, 5.41) is 0. The summed E-state index contributed by atoms with van der Waals surface area (Å²) in [7, 11) is 0. The van der Waals surface area contributed by atoms with E-state index in [0.29, 0.717) is 18.1 Å². The van der Waals surface area contributed by atoms with E-state index in [9.17, 15) is 0 Å². The van der Waals surface area contributed by atoms with Crippen molar-refractivity contribution in [1.82, 2.24) is 5.43 Å². The normalized spacial score (nSPS) is 26.3. The van der Waals surface area contributed by atoms with Gasteiger partial charge in [0.2, 0.25) is 0 Å². The molecule has 1 fully saturated rings. The van der Waals surface area contributed by atoms with Crippen LogP contribution in [0, 0.1) is 5.92 Å². The lowest BCUT2D eigenvalue weighted by Gasteiger charge is -2.28. The molecule has 0 amide bonds. The molecule has 0 aromatic rings. The maximum Gasteiger partial charge on any atom is 0.0590 e. The molecule has 0 aromatic carbocycles. The van der Waals surface area contributed by atoms with Crippen LogP contribution in [0.25, 0.3) is 0 Å². The first-order valence-corrected chi connectivity index (χ1v) is 5.31. The molecule has 0 aliphatic carbocycles. The van der Waals surface area contributed by atoms with Crippen molar-refractivity contribution in [3.63, 3.8) is 0 Å². The fraction of sp³-hybridized carbons (Fsp3) is 1.00. The molecule has 0 aromatic heterocycles. The molecule has 0 radical (unpaired) electrons. The lowest BCUT2D eigenvalue weighted by atomic mass is 9.95. The first-order valence-electron chi connectivity index (χ1n) is 5.31. The largest absolute Gasteiger partial charge is 0.378 e. The molecule has 2 atom stereocenters. The second kappa shape index (κ2) is 5.58. The number of rotatable bonds is 4. The molecule has 1 aliphatic rings. The van der Waals surface area contributed by atoms with E-state index in [1.807, 2.05) is 0 Å². The summed E-state index contributed by atoms with van der Waals surface area (Å²) in [6, 6.07) is 0.392. The number of nitrogens with one attached hydrogen (secondary N) is 1. The Bertz CT molecular complexity index is 133. The van der Waals surface area contributed by atoms with Gasteiger partial charge in [-0.1, -0.05) is 13.8 Å². The van der Waals surface area contributed by atoms with E-state index in [1.165, 1.54) is 19.3 Å². The first-order chi connectivity index (χ1) is 6.24. The number of hydrogen-bond acceptors (Lipinski definition) is 3. The summed E-state index contributed by atoms with van der Waals surface area (Å²) in [5.41, 5.74) is 2.87. The Morgan fingerprint density at radius 2 is 2.23 bits per heavy atom. The summed E-state index contributed by atoms with van der Waals surface area (Å²) >= 11 is 0. The second-order valence-electron chi connectivity index (χ2n) is 4.24. The summed E-state index contributed by atoms with van der Waals surface area (Å²) in [4.78, 5) is 0. The molecule has 1 saturated heterocycles. The molecule has 1 rings (SSSR count). The number of ether oxygens (including phenoxy) is 1. The molecule has 13 heavy (non-hydrogen) atoms. The highest BCUT2D eigenvalue weighted by atomic mass is 16.5. The quantitative estimate of drug-likeness (QED) is 0.516. The highest BCUT2D eigenvalue weighted by Gasteiger charge is 2.20. The standard InChI is InChI=1S/C10H22N2O/c1-8(2)10(12-11)7-9-5-3-4-6-13-9/h8-10,12H,3-7,11H2,1-2H3. The molecule has 1 heterocycles. The van der Waals surface area contributed by atoms with Gasteiger partial charge in [-0.05, 0) is 31.6 Å². The van der Waals surface area contributed by atoms with Crippen LogP contribution in [0.1, 0.15) is 39.5 Å². The molecule has 3 nitrogen and oxygen atoms in total. The van der Waals surface area contributed by atoms with Gasteiger partial charge in [0.05, 0.1) is 6.10 Å². The third kappa shape index (κ3) is 3.63. The predicted molar refractivity (Wildman–Crippen MR) is 54.2 cm³/mol. The maximum absolute atomic E-state index is 5.66. The zero-order chi connectivity index (χ0) is 9.68. The summed E-state index contributed by atoms with van der Waals surface area (Å²) in [6.45, 7) is 5.31. The van der Waals surface area contributed by atoms with Crippen molar-refractivity contribution < 1.29 is 4.74 Å². The van der Waals surface area contributed by atoms with Gasteiger partial charge in [-0.3, -0.25) is 11.3 Å². The monoisotopic (exact) mass is 186 g/mol. The fourth-order valence-electron chi connectivity index (χ4n) is 1.81. The van der Waals surface area contributed by atoms with E-state index < -0.39 is 0 Å². The molecular formula is C10H22N2O. The average Bonchev–Trinajstić information content (AvgIpc) is 2.15. The molecule has 0 bridgehead atoms. The van der Waals surface area contributed by atoms with Gasteiger partial charge >= 0.3 is 0 Å². The van der Waals surface area contributed by atoms with Crippen molar-refractivity contribution in [2.75, 3.05) is 6.61 Å². The van der Waals surface area contributed by atoms with Gasteiger partial charge in [0.1, 0.15) is 0 Å². The van der Waals surface area contributed by atoms with Crippen LogP contribution in [0.3, 0.4) is 0 Å². The predicted octanol–water partition coefficient (Wildman–Crippen LogP) is 1.43. The van der Waals surface area contributed by atoms with Gasteiger partial charge in [0.25, 0.3) is 0 Å². The van der Waals surface area contributed by atoms with Crippen LogP contribution < -0.4 is 11.3 Å². The SMILES string of the molecule is CC(C)C(CC1CCCCO1)NN. The minimum atomic E-state index is 0.392. The molecular weight excluding hydrogens is 164 g/mol. The highest BCUT2D eigenvalue weighted by molar-refractivity contribution is 4.74. The highest BCUT2D eigenvalue weighted by Crippen LogP contribution is 2.19. The molecule has 0 spiro atoms. The lowest BCUT2D eigenvalue weighted by molar-refractivity contribution is 0.00219. The lowest BCUT2D eigenvalue weighted by Crippen LogP contribution is -2.42. The third-order valence-electron chi connectivity index (χ3n) is 2.81. The van der Waals surface area contributed by atoms with Crippen molar-refractivity contribution in [3.8, 4) is 0 Å². The number of nitrogens with two attached hydrogens (primary N) is 1. The number of hydrazine groups is 1. The molecule has 0 saturated carbocycles. The van der Waals surface area contributed by atoms with Crippen molar-refractivity contribution >= 4 is 0 Å². The molecule has 78 valence electrons. The Labute approximate surface area is 81.0 Å². The number of hydrogen-bond donors (Lipinski definition) is 2. The minimum absolute atomic E-state index is 0.392. The zero-order valence-electron chi connectivity index (χ0n) is 8.75. The average molecular weight is 186 g/mol. The molecule has 2 unspecified atom stereocenters. The van der Waals surface area contributed by atoms with Crippen LogP contribution in [0.4, 0.5) is 0 Å². The third-order valence-corrected chi connectivity index (χ3v) is 2.81. The van der Waals surface area contributed by atoms with Gasteiger partial charge in [0.15, 0.2) is 0 Å². The van der Waals surface area contributed by atoms with Gasteiger partial charge < -0.3 is 4.74 Å². The van der Waals surface area contributed by atoms with Gasteiger partial charge in [-0.25, -0.2) is 0 Å². The van der Waals surface area contributed by atoms with E-state index >= 15 is 0 Å². The topological polar surface area (TPSA) is 47.3 Å². The van der Waals surface area contributed by atoms with E-state index in [-0.39, 0.29) is 0 Å². The Balaban J connectivity index is 2.27. The summed E-state index contributed by atoms with van der Waals surface area (Å²) in [6.07, 6.45) is 5.20. The summed E-state index contributed by atoms with van der Waals surface area (Å²) in [5.74, 6) is 6.06. The first kappa shape index (κ1) is 11.0. The Morgan fingerprint density at radius 3 is 2.69 bits per heavy atom. The molecule has 3 heteroatoms. The Hall–Kier alpha value is -0.120. The van der Waals surface area contributed by atoms with E-state index in [4.69, 9.17) is 10.6 Å². The zero-order valence-corrected chi connectivity index (χ0v) is 8.75. The van der Waals surface area contributed by atoms with E-state index in [2.05, 4.69) is 19.3 Å². The maximum atomic E-state index is 5.66. The van der Waals surface area contributed by atoms with Crippen LogP contribution in [-0.2, 0) is 4.74 Å². The van der Waals surface area contributed by atoms with Crippen molar-refractivity contribution in [3.05, 3.63) is 0 Å². The van der Waals surface area contributed by atoms with E-state index in [1.54, 1.807) is 0 Å². The van der Waals surface area contributed by atoms with Crippen molar-refractivity contribution in [2.45, 2.75) is 51.7 Å². The molecule has 1 aliphatic heterocycles. The van der Waals surface area contributed by atoms with Crippen LogP contribution in [0.15, 0.2) is 0 Å². The Kier molecular flexibility index (Phi) is 4.70. The van der Waals surface area contributed by atoms with Crippen molar-refractivity contribution in [1.29, 1.82) is 0 Å². The minimum Gasteiger partial charge on any atom is -0.378 e. The van der Waals surface area contributed by atoms with Crippen LogP contribution in [-0.4, -0.2) is 18.8 Å². The van der Waals surface area contributed by atoms with Gasteiger partial charge in [-0.2, -0.15) is 0 Å². The summed E-state index contributed by atoms with van der Waals surface area (Å²) < 4.78 is 5.66. The Morgan fingerprint density at radius 1 is 1.46 bits per heavy atom. The fourth-order valence-corrected chi connectivity index (χ4v) is 1.81. The van der Waals surface area contributed by atoms with Crippen LogP contribution in [0.2, 0.25) is 0 Å². The van der Waals surface area contributed by atoms with E-state index in [0.717, 1.165) is 13.0 Å². The smallest absolute Gasteiger partial charge is 0.0590 e. The van der Waals surface area contributed by atoms with Gasteiger partial charge in [0, 0.05) is 12.6 Å². The second-order valence-corrected chi connectivity index (χ2v) is 4.24.